The highest BCUT2D eigenvalue weighted by Gasteiger charge is 2.12. The second-order valence-electron chi connectivity index (χ2n) is 4.19. The quantitative estimate of drug-likeness (QED) is 0.504. The van der Waals surface area contributed by atoms with Gasteiger partial charge < -0.3 is 14.7 Å². The third-order valence-corrected chi connectivity index (χ3v) is 3.29. The fraction of sp³-hybridized carbons (Fsp3) is 0.133. The van der Waals surface area contributed by atoms with Gasteiger partial charge in [-0.15, -0.1) is 0 Å². The molecule has 0 heterocycles. The molecule has 2 aromatic carbocycles. The molecule has 0 aliphatic carbocycles. The van der Waals surface area contributed by atoms with Crippen LogP contribution in [-0.2, 0) is 6.61 Å². The average molecular weight is 326 g/mol. The molecule has 2 aromatic rings. The lowest BCUT2D eigenvalue weighted by molar-refractivity contribution is 0.284. The molecule has 6 heteroatoms. The Labute approximate surface area is 132 Å². The minimum atomic E-state index is 0.334. The van der Waals surface area contributed by atoms with Crippen molar-refractivity contribution in [2.75, 3.05) is 7.11 Å². The van der Waals surface area contributed by atoms with Crippen LogP contribution in [0.5, 0.6) is 11.5 Å². The zero-order chi connectivity index (χ0) is 15.2. The summed E-state index contributed by atoms with van der Waals surface area (Å²) in [5.41, 5.74) is 1.57. The number of oxime groups is 1. The van der Waals surface area contributed by atoms with Gasteiger partial charge in [0, 0.05) is 10.6 Å². The molecule has 0 unspecified atom stereocenters. The van der Waals surface area contributed by atoms with E-state index >= 15 is 0 Å². The molecule has 1 N–H and O–H groups in total. The van der Waals surface area contributed by atoms with Crippen molar-refractivity contribution in [3.8, 4) is 11.5 Å². The number of rotatable bonds is 5. The smallest absolute Gasteiger partial charge is 0.180 e. The predicted molar refractivity (Wildman–Crippen MR) is 83.2 cm³/mol. The Kier molecular flexibility index (Phi) is 5.31. The number of nitrogens with zero attached hydrogens (tertiary/aromatic N) is 1. The first-order chi connectivity index (χ1) is 10.1. The molecule has 0 aliphatic rings. The van der Waals surface area contributed by atoms with Crippen molar-refractivity contribution >= 4 is 29.4 Å². The summed E-state index contributed by atoms with van der Waals surface area (Å²) in [6, 6.07) is 10.6. The maximum absolute atomic E-state index is 8.56. The predicted octanol–water partition coefficient (Wildman–Crippen LogP) is 4.39. The molecule has 0 saturated heterocycles. The first-order valence-electron chi connectivity index (χ1n) is 6.06. The van der Waals surface area contributed by atoms with Gasteiger partial charge in [0.1, 0.15) is 6.61 Å². The zero-order valence-corrected chi connectivity index (χ0v) is 12.7. The minimum Gasteiger partial charge on any atom is -0.493 e. The van der Waals surface area contributed by atoms with Crippen LogP contribution in [0.3, 0.4) is 0 Å². The highest BCUT2D eigenvalue weighted by molar-refractivity contribution is 6.32. The fourth-order valence-electron chi connectivity index (χ4n) is 1.76. The fourth-order valence-corrected chi connectivity index (χ4v) is 2.16. The average Bonchev–Trinajstić information content (AvgIpc) is 2.47. The second-order valence-corrected chi connectivity index (χ2v) is 5.04. The topological polar surface area (TPSA) is 51.0 Å². The Balaban J connectivity index is 2.20. The van der Waals surface area contributed by atoms with Gasteiger partial charge >= 0.3 is 0 Å². The lowest BCUT2D eigenvalue weighted by Crippen LogP contribution is -1.99. The number of hydrogen-bond donors (Lipinski definition) is 1. The van der Waals surface area contributed by atoms with Gasteiger partial charge in [0.25, 0.3) is 0 Å². The third-order valence-electron chi connectivity index (χ3n) is 2.76. The van der Waals surface area contributed by atoms with E-state index in [0.717, 1.165) is 5.56 Å². The Morgan fingerprint density at radius 2 is 1.90 bits per heavy atom. The second kappa shape index (κ2) is 7.20. The first-order valence-corrected chi connectivity index (χ1v) is 6.82. The number of halogens is 2. The van der Waals surface area contributed by atoms with E-state index in [9.17, 15) is 0 Å². The highest BCUT2D eigenvalue weighted by Crippen LogP contribution is 2.36. The van der Waals surface area contributed by atoms with Gasteiger partial charge in [-0.25, -0.2) is 0 Å². The van der Waals surface area contributed by atoms with Crippen molar-refractivity contribution in [3.05, 3.63) is 57.6 Å². The van der Waals surface area contributed by atoms with Crippen molar-refractivity contribution < 1.29 is 14.7 Å². The van der Waals surface area contributed by atoms with Crippen LogP contribution >= 0.6 is 23.2 Å². The summed E-state index contributed by atoms with van der Waals surface area (Å²) in [6.07, 6.45) is 1.26. The van der Waals surface area contributed by atoms with Crippen LogP contribution in [0.2, 0.25) is 10.0 Å². The summed E-state index contributed by atoms with van der Waals surface area (Å²) in [7, 11) is 1.51. The van der Waals surface area contributed by atoms with Crippen molar-refractivity contribution in [3.63, 3.8) is 0 Å². The molecular weight excluding hydrogens is 313 g/mol. The Hall–Kier alpha value is -1.91. The maximum atomic E-state index is 8.56. The number of benzene rings is 2. The number of hydrogen-bond acceptors (Lipinski definition) is 4. The molecule has 0 saturated carbocycles. The maximum Gasteiger partial charge on any atom is 0.180 e. The monoisotopic (exact) mass is 325 g/mol. The van der Waals surface area contributed by atoms with Crippen LogP contribution in [0.1, 0.15) is 11.1 Å². The summed E-state index contributed by atoms with van der Waals surface area (Å²) < 4.78 is 11.0. The Bertz CT molecular complexity index is 642. The van der Waals surface area contributed by atoms with E-state index in [4.69, 9.17) is 37.9 Å². The lowest BCUT2D eigenvalue weighted by Gasteiger charge is -2.13. The van der Waals surface area contributed by atoms with Crippen LogP contribution in [-0.4, -0.2) is 18.5 Å². The van der Waals surface area contributed by atoms with E-state index in [0.29, 0.717) is 33.7 Å². The van der Waals surface area contributed by atoms with Gasteiger partial charge in [-0.1, -0.05) is 40.5 Å². The van der Waals surface area contributed by atoms with Gasteiger partial charge in [0.2, 0.25) is 0 Å². The summed E-state index contributed by atoms with van der Waals surface area (Å²) in [6.45, 7) is 0.334. The zero-order valence-electron chi connectivity index (χ0n) is 11.2. The van der Waals surface area contributed by atoms with E-state index in [1.165, 1.54) is 13.3 Å². The normalized spacial score (nSPS) is 10.8. The molecule has 2 rings (SSSR count). The molecule has 0 atom stereocenters. The van der Waals surface area contributed by atoms with Crippen molar-refractivity contribution in [2.45, 2.75) is 6.61 Å². The molecule has 4 nitrogen and oxygen atoms in total. The molecular formula is C15H13Cl2NO3. The lowest BCUT2D eigenvalue weighted by atomic mass is 10.2. The van der Waals surface area contributed by atoms with Crippen LogP contribution in [0.15, 0.2) is 41.6 Å². The summed E-state index contributed by atoms with van der Waals surface area (Å²) in [4.78, 5) is 0. The standard InChI is InChI=1S/C15H13Cl2NO3/c1-20-14-7-11(8-18-19)6-13(17)15(14)21-9-10-2-4-12(16)5-3-10/h2-8,19H,9H2,1H3/b18-8+. The van der Waals surface area contributed by atoms with Crippen LogP contribution in [0.25, 0.3) is 0 Å². The van der Waals surface area contributed by atoms with Gasteiger partial charge in [0.15, 0.2) is 11.5 Å². The molecule has 0 spiro atoms. The summed E-state index contributed by atoms with van der Waals surface area (Å²) in [5.74, 6) is 0.899. The highest BCUT2D eigenvalue weighted by atomic mass is 35.5. The molecule has 0 amide bonds. The van der Waals surface area contributed by atoms with Gasteiger partial charge in [-0.2, -0.15) is 0 Å². The van der Waals surface area contributed by atoms with E-state index in [1.54, 1.807) is 24.3 Å². The largest absolute Gasteiger partial charge is 0.493 e. The van der Waals surface area contributed by atoms with Crippen LogP contribution < -0.4 is 9.47 Å². The van der Waals surface area contributed by atoms with Crippen LogP contribution in [0.4, 0.5) is 0 Å². The molecule has 0 radical (unpaired) electrons. The van der Waals surface area contributed by atoms with Gasteiger partial charge in [-0.3, -0.25) is 0 Å². The number of ether oxygens (including phenoxy) is 2. The minimum absolute atomic E-state index is 0.334. The van der Waals surface area contributed by atoms with E-state index in [1.807, 2.05) is 12.1 Å². The molecule has 0 aliphatic heterocycles. The van der Waals surface area contributed by atoms with E-state index in [2.05, 4.69) is 5.16 Å². The van der Waals surface area contributed by atoms with Gasteiger partial charge in [0.05, 0.1) is 18.3 Å². The Morgan fingerprint density at radius 3 is 2.52 bits per heavy atom. The first kappa shape index (κ1) is 15.5. The molecule has 0 aromatic heterocycles. The number of methoxy groups -OCH3 is 1. The van der Waals surface area contributed by atoms with E-state index < -0.39 is 0 Å². The molecule has 21 heavy (non-hydrogen) atoms. The summed E-state index contributed by atoms with van der Waals surface area (Å²) in [5, 5.41) is 12.6. The third kappa shape index (κ3) is 4.03. The van der Waals surface area contributed by atoms with Crippen molar-refractivity contribution in [2.24, 2.45) is 5.16 Å². The van der Waals surface area contributed by atoms with Crippen molar-refractivity contribution in [1.29, 1.82) is 0 Å². The van der Waals surface area contributed by atoms with Crippen molar-refractivity contribution in [1.82, 2.24) is 0 Å². The Morgan fingerprint density at radius 1 is 1.19 bits per heavy atom. The van der Waals surface area contributed by atoms with Crippen LogP contribution in [0, 0.1) is 0 Å². The van der Waals surface area contributed by atoms with Gasteiger partial charge in [-0.05, 0) is 29.8 Å². The van der Waals surface area contributed by atoms with E-state index in [-0.39, 0.29) is 0 Å². The molecule has 110 valence electrons. The SMILES string of the molecule is COc1cc(/C=N/O)cc(Cl)c1OCc1ccc(Cl)cc1. The molecule has 0 fully saturated rings. The molecule has 0 bridgehead atoms. The summed E-state index contributed by atoms with van der Waals surface area (Å²) >= 11 is 12.0.